The van der Waals surface area contributed by atoms with Crippen molar-refractivity contribution in [2.24, 2.45) is 0 Å². The van der Waals surface area contributed by atoms with Crippen LogP contribution in [0.4, 0.5) is 4.79 Å². The summed E-state index contributed by atoms with van der Waals surface area (Å²) in [7, 11) is 1.64. The van der Waals surface area contributed by atoms with Gasteiger partial charge in [0.2, 0.25) is 0 Å². The second-order valence-corrected chi connectivity index (χ2v) is 9.88. The van der Waals surface area contributed by atoms with Crippen molar-refractivity contribution in [3.8, 4) is 5.75 Å². The summed E-state index contributed by atoms with van der Waals surface area (Å²) in [6, 6.07) is 14.9. The molecule has 0 aromatic heterocycles. The van der Waals surface area contributed by atoms with Gasteiger partial charge in [-0.3, -0.25) is 4.90 Å². The number of nitrogens with zero attached hydrogens (tertiary/aromatic N) is 1. The molecular formula is C28H36N2O4. The third kappa shape index (κ3) is 5.44. The Hall–Kier alpha value is -3.28. The zero-order chi connectivity index (χ0) is 25.0. The standard InChI is InChI=1S/C28H36N2O4/c1-8-33-26(31)24-22(17-34-23-12-10-9-11-21(23)18(2)3)30(7)27(32)29-25(24)19-13-15-20(16-14-19)28(4,5)6/h9-16,18,25H,8,17H2,1-7H3,(H,29,32). The van der Waals surface area contributed by atoms with Crippen LogP contribution in [-0.4, -0.2) is 37.2 Å². The number of carbonyl (C=O) groups excluding carboxylic acids is 2. The van der Waals surface area contributed by atoms with Crippen molar-refractivity contribution in [3.63, 3.8) is 0 Å². The lowest BCUT2D eigenvalue weighted by atomic mass is 9.85. The maximum absolute atomic E-state index is 13.1. The van der Waals surface area contributed by atoms with E-state index in [0.29, 0.717) is 11.3 Å². The van der Waals surface area contributed by atoms with Crippen molar-refractivity contribution in [1.82, 2.24) is 10.2 Å². The molecule has 0 saturated carbocycles. The Balaban J connectivity index is 2.04. The highest BCUT2D eigenvalue weighted by molar-refractivity contribution is 5.95. The van der Waals surface area contributed by atoms with Gasteiger partial charge in [0, 0.05) is 7.05 Å². The average molecular weight is 465 g/mol. The van der Waals surface area contributed by atoms with Crippen molar-refractivity contribution >= 4 is 12.0 Å². The van der Waals surface area contributed by atoms with Gasteiger partial charge in [0.1, 0.15) is 12.4 Å². The Bertz CT molecular complexity index is 1060. The van der Waals surface area contributed by atoms with Crippen LogP contribution in [-0.2, 0) is 14.9 Å². The fraction of sp³-hybridized carbons (Fsp3) is 0.429. The lowest BCUT2D eigenvalue weighted by Crippen LogP contribution is -2.48. The monoisotopic (exact) mass is 464 g/mol. The molecule has 1 atom stereocenters. The Labute approximate surface area is 202 Å². The third-order valence-electron chi connectivity index (χ3n) is 6.09. The average Bonchev–Trinajstić information content (AvgIpc) is 2.79. The zero-order valence-electron chi connectivity index (χ0n) is 21.3. The Morgan fingerprint density at radius 3 is 2.32 bits per heavy atom. The second-order valence-electron chi connectivity index (χ2n) is 9.88. The van der Waals surface area contributed by atoms with Crippen molar-refractivity contribution in [3.05, 3.63) is 76.5 Å². The zero-order valence-corrected chi connectivity index (χ0v) is 21.3. The van der Waals surface area contributed by atoms with E-state index < -0.39 is 12.0 Å². The van der Waals surface area contributed by atoms with E-state index in [2.05, 4.69) is 39.9 Å². The van der Waals surface area contributed by atoms with Crippen molar-refractivity contribution in [1.29, 1.82) is 0 Å². The van der Waals surface area contributed by atoms with Crippen LogP contribution in [0.5, 0.6) is 5.75 Å². The number of amides is 2. The molecule has 1 aliphatic rings. The fourth-order valence-electron chi connectivity index (χ4n) is 4.04. The number of hydrogen-bond donors (Lipinski definition) is 1. The molecule has 0 spiro atoms. The number of esters is 1. The lowest BCUT2D eigenvalue weighted by Gasteiger charge is -2.34. The first-order valence-electron chi connectivity index (χ1n) is 11.8. The Kier molecular flexibility index (Phi) is 7.70. The van der Waals surface area contributed by atoms with Gasteiger partial charge in [-0.15, -0.1) is 0 Å². The molecule has 2 aromatic carbocycles. The van der Waals surface area contributed by atoms with Gasteiger partial charge in [-0.1, -0.05) is 77.1 Å². The summed E-state index contributed by atoms with van der Waals surface area (Å²) in [5.74, 6) is 0.546. The molecule has 34 heavy (non-hydrogen) atoms. The minimum atomic E-state index is -0.629. The van der Waals surface area contributed by atoms with Crippen LogP contribution in [0, 0.1) is 0 Å². The molecule has 1 heterocycles. The maximum Gasteiger partial charge on any atom is 0.338 e. The van der Waals surface area contributed by atoms with Gasteiger partial charge in [-0.25, -0.2) is 9.59 Å². The van der Waals surface area contributed by atoms with E-state index in [0.717, 1.165) is 16.9 Å². The van der Waals surface area contributed by atoms with Gasteiger partial charge >= 0.3 is 12.0 Å². The molecule has 0 radical (unpaired) electrons. The van der Waals surface area contributed by atoms with Gasteiger partial charge in [-0.2, -0.15) is 0 Å². The molecule has 2 amide bonds. The summed E-state index contributed by atoms with van der Waals surface area (Å²) in [6.07, 6.45) is 0. The van der Waals surface area contributed by atoms with E-state index in [4.69, 9.17) is 9.47 Å². The molecule has 0 aliphatic carbocycles. The normalized spacial score (nSPS) is 16.5. The summed E-state index contributed by atoms with van der Waals surface area (Å²) >= 11 is 0. The topological polar surface area (TPSA) is 67.9 Å². The molecule has 0 bridgehead atoms. The smallest absolute Gasteiger partial charge is 0.338 e. The Morgan fingerprint density at radius 1 is 1.09 bits per heavy atom. The van der Waals surface area contributed by atoms with Gasteiger partial charge < -0.3 is 14.8 Å². The largest absolute Gasteiger partial charge is 0.487 e. The molecule has 1 N–H and O–H groups in total. The van der Waals surface area contributed by atoms with Crippen molar-refractivity contribution in [2.45, 2.75) is 58.9 Å². The van der Waals surface area contributed by atoms with Crippen LogP contribution in [0.3, 0.4) is 0 Å². The van der Waals surface area contributed by atoms with E-state index >= 15 is 0 Å². The summed E-state index contributed by atoms with van der Waals surface area (Å²) in [6.45, 7) is 12.7. The number of carbonyl (C=O) groups is 2. The highest BCUT2D eigenvalue weighted by Gasteiger charge is 2.37. The van der Waals surface area contributed by atoms with Gasteiger partial charge in [-0.05, 0) is 41.0 Å². The number of urea groups is 1. The molecular weight excluding hydrogens is 428 g/mol. The summed E-state index contributed by atoms with van der Waals surface area (Å²) < 4.78 is 11.6. The molecule has 2 aromatic rings. The van der Waals surface area contributed by atoms with Crippen LogP contribution in [0.2, 0.25) is 0 Å². The minimum absolute atomic E-state index is 0.00280. The molecule has 6 nitrogen and oxygen atoms in total. The molecule has 1 unspecified atom stereocenters. The van der Waals surface area contributed by atoms with E-state index in [1.165, 1.54) is 10.5 Å². The molecule has 182 valence electrons. The number of rotatable bonds is 7. The van der Waals surface area contributed by atoms with Crippen molar-refractivity contribution < 1.29 is 19.1 Å². The number of nitrogens with one attached hydrogen (secondary N) is 1. The second kappa shape index (κ2) is 10.3. The number of para-hydroxylation sites is 1. The highest BCUT2D eigenvalue weighted by Crippen LogP contribution is 2.33. The quantitative estimate of drug-likeness (QED) is 0.534. The molecule has 3 rings (SSSR count). The first-order valence-corrected chi connectivity index (χ1v) is 11.8. The van der Waals surface area contributed by atoms with Crippen molar-refractivity contribution in [2.75, 3.05) is 20.3 Å². The van der Waals surface area contributed by atoms with Crippen LogP contribution in [0.1, 0.15) is 70.2 Å². The molecule has 6 heteroatoms. The maximum atomic E-state index is 13.1. The molecule has 1 aliphatic heterocycles. The number of ether oxygens (including phenoxy) is 2. The summed E-state index contributed by atoms with van der Waals surface area (Å²) in [5.41, 5.74) is 3.93. The van der Waals surface area contributed by atoms with E-state index in [1.807, 2.05) is 48.5 Å². The predicted octanol–water partition coefficient (Wildman–Crippen LogP) is 5.70. The van der Waals surface area contributed by atoms with Gasteiger partial charge in [0.15, 0.2) is 0 Å². The summed E-state index contributed by atoms with van der Waals surface area (Å²) in [4.78, 5) is 27.5. The third-order valence-corrected chi connectivity index (χ3v) is 6.09. The van der Waals surface area contributed by atoms with Gasteiger partial charge in [0.05, 0.1) is 23.9 Å². The van der Waals surface area contributed by atoms with Crippen LogP contribution < -0.4 is 10.1 Å². The SMILES string of the molecule is CCOC(=O)C1=C(COc2ccccc2C(C)C)N(C)C(=O)NC1c1ccc(C(C)(C)C)cc1. The highest BCUT2D eigenvalue weighted by atomic mass is 16.5. The number of benzene rings is 2. The number of hydrogen-bond acceptors (Lipinski definition) is 4. The lowest BCUT2D eigenvalue weighted by molar-refractivity contribution is -0.139. The molecule has 0 fully saturated rings. The van der Waals surface area contributed by atoms with E-state index in [9.17, 15) is 9.59 Å². The van der Waals surface area contributed by atoms with Crippen LogP contribution in [0.15, 0.2) is 59.8 Å². The van der Waals surface area contributed by atoms with E-state index in [-0.39, 0.29) is 30.6 Å². The molecule has 0 saturated heterocycles. The summed E-state index contributed by atoms with van der Waals surface area (Å²) in [5, 5.41) is 2.96. The van der Waals surface area contributed by atoms with E-state index in [1.54, 1.807) is 14.0 Å². The first-order chi connectivity index (χ1) is 16.0. The van der Waals surface area contributed by atoms with Crippen LogP contribution >= 0.6 is 0 Å². The first kappa shape index (κ1) is 25.3. The van der Waals surface area contributed by atoms with Gasteiger partial charge in [0.25, 0.3) is 0 Å². The predicted molar refractivity (Wildman–Crippen MR) is 134 cm³/mol. The minimum Gasteiger partial charge on any atom is -0.487 e. The van der Waals surface area contributed by atoms with Crippen LogP contribution in [0.25, 0.3) is 0 Å². The Morgan fingerprint density at radius 2 is 1.74 bits per heavy atom. The number of likely N-dealkylation sites (N-methyl/N-ethyl adjacent to an activating group) is 1. The fourth-order valence-corrected chi connectivity index (χ4v) is 4.04.